The fraction of sp³-hybridized carbons (Fsp3) is 0.889. The van der Waals surface area contributed by atoms with Crippen molar-refractivity contribution in [3.8, 4) is 0 Å². The molecule has 0 aromatic heterocycles. The Labute approximate surface area is 84.2 Å². The maximum atomic E-state index is 10.6. The Kier molecular flexibility index (Phi) is 6.44. The zero-order valence-electron chi connectivity index (χ0n) is 8.78. The molecule has 0 rings (SSSR count). The number of carbonyl (C=O) groups is 1. The third-order valence-electron chi connectivity index (χ3n) is 1.91. The first-order valence-electron chi connectivity index (χ1n) is 4.59. The lowest BCUT2D eigenvalue weighted by molar-refractivity contribution is -0.143. The van der Waals surface area contributed by atoms with Crippen LogP contribution in [-0.4, -0.2) is 43.5 Å². The average Bonchev–Trinajstić information content (AvgIpc) is 2.10. The zero-order valence-corrected chi connectivity index (χ0v) is 8.78. The number of hydrogen-bond donors (Lipinski definition) is 2. The average molecular weight is 205 g/mol. The van der Waals surface area contributed by atoms with Gasteiger partial charge in [-0.25, -0.2) is 0 Å². The number of hydrogen-bond acceptors (Lipinski definition) is 4. The Morgan fingerprint density at radius 1 is 1.43 bits per heavy atom. The molecule has 0 radical (unpaired) electrons. The van der Waals surface area contributed by atoms with Gasteiger partial charge in [-0.2, -0.15) is 0 Å². The highest BCUT2D eigenvalue weighted by Crippen LogP contribution is 2.08. The molecule has 1 unspecified atom stereocenters. The van der Waals surface area contributed by atoms with E-state index < -0.39 is 11.5 Å². The van der Waals surface area contributed by atoms with Crippen LogP contribution in [0.25, 0.3) is 0 Å². The molecule has 84 valence electrons. The third kappa shape index (κ3) is 5.90. The first-order chi connectivity index (χ1) is 6.50. The quantitative estimate of drug-likeness (QED) is 0.554. The van der Waals surface area contributed by atoms with Gasteiger partial charge in [-0.3, -0.25) is 4.79 Å². The maximum absolute atomic E-state index is 10.6. The van der Waals surface area contributed by atoms with E-state index in [0.29, 0.717) is 32.7 Å². The Balaban J connectivity index is 3.40. The van der Waals surface area contributed by atoms with Gasteiger partial charge in [0.1, 0.15) is 5.54 Å². The van der Waals surface area contributed by atoms with Crippen LogP contribution >= 0.6 is 0 Å². The Morgan fingerprint density at radius 2 is 2.07 bits per heavy atom. The molecule has 5 nitrogen and oxygen atoms in total. The van der Waals surface area contributed by atoms with E-state index in [0.717, 1.165) is 0 Å². The lowest BCUT2D eigenvalue weighted by Gasteiger charge is -2.18. The van der Waals surface area contributed by atoms with E-state index in [9.17, 15) is 4.79 Å². The van der Waals surface area contributed by atoms with Gasteiger partial charge in [-0.1, -0.05) is 0 Å². The van der Waals surface area contributed by atoms with Crippen molar-refractivity contribution in [3.05, 3.63) is 0 Å². The van der Waals surface area contributed by atoms with Gasteiger partial charge in [-0.15, -0.1) is 0 Å². The molecule has 0 spiro atoms. The van der Waals surface area contributed by atoms with E-state index in [2.05, 4.69) is 0 Å². The minimum Gasteiger partial charge on any atom is -0.480 e. The van der Waals surface area contributed by atoms with Gasteiger partial charge in [0.05, 0.1) is 13.2 Å². The van der Waals surface area contributed by atoms with Crippen LogP contribution in [0.5, 0.6) is 0 Å². The molecule has 0 aliphatic carbocycles. The van der Waals surface area contributed by atoms with Gasteiger partial charge in [0.15, 0.2) is 0 Å². The smallest absolute Gasteiger partial charge is 0.323 e. The van der Waals surface area contributed by atoms with Crippen LogP contribution in [0.15, 0.2) is 0 Å². The van der Waals surface area contributed by atoms with Gasteiger partial charge >= 0.3 is 5.97 Å². The van der Waals surface area contributed by atoms with Crippen molar-refractivity contribution in [1.29, 1.82) is 0 Å². The number of rotatable bonds is 8. The summed E-state index contributed by atoms with van der Waals surface area (Å²) in [7, 11) is 1.60. The standard InChI is InChI=1S/C9H19NO4/c1-9(10,8(11)12)4-3-5-14-7-6-13-2/h3-7,10H2,1-2H3,(H,11,12). The Bertz CT molecular complexity index is 170. The fourth-order valence-electron chi connectivity index (χ4n) is 0.893. The number of nitrogens with two attached hydrogens (primary N) is 1. The number of methoxy groups -OCH3 is 1. The summed E-state index contributed by atoms with van der Waals surface area (Å²) >= 11 is 0. The third-order valence-corrected chi connectivity index (χ3v) is 1.91. The summed E-state index contributed by atoms with van der Waals surface area (Å²) in [5.41, 5.74) is 4.37. The van der Waals surface area contributed by atoms with E-state index in [1.165, 1.54) is 6.92 Å². The zero-order chi connectivity index (χ0) is 11.0. The molecule has 0 aliphatic heterocycles. The van der Waals surface area contributed by atoms with Crippen LogP contribution in [0, 0.1) is 0 Å². The molecule has 14 heavy (non-hydrogen) atoms. The van der Waals surface area contributed by atoms with Crippen LogP contribution in [-0.2, 0) is 14.3 Å². The molecule has 0 aromatic carbocycles. The van der Waals surface area contributed by atoms with Crippen LogP contribution < -0.4 is 5.73 Å². The molecule has 0 heterocycles. The van der Waals surface area contributed by atoms with Gasteiger partial charge in [0.2, 0.25) is 0 Å². The van der Waals surface area contributed by atoms with E-state index in [-0.39, 0.29) is 0 Å². The lowest BCUT2D eigenvalue weighted by atomic mass is 9.98. The Morgan fingerprint density at radius 3 is 2.57 bits per heavy atom. The van der Waals surface area contributed by atoms with Gasteiger partial charge in [0, 0.05) is 13.7 Å². The molecule has 1 atom stereocenters. The van der Waals surface area contributed by atoms with Crippen LogP contribution in [0.3, 0.4) is 0 Å². The molecule has 0 bridgehead atoms. The second-order valence-corrected chi connectivity index (χ2v) is 3.43. The normalized spacial score (nSPS) is 15.1. The van der Waals surface area contributed by atoms with Gasteiger partial charge in [-0.05, 0) is 19.8 Å². The summed E-state index contributed by atoms with van der Waals surface area (Å²) in [6.45, 7) is 3.11. The highest BCUT2D eigenvalue weighted by molar-refractivity contribution is 5.77. The summed E-state index contributed by atoms with van der Waals surface area (Å²) in [4.78, 5) is 10.6. The van der Waals surface area contributed by atoms with Gasteiger partial charge < -0.3 is 20.3 Å². The molecule has 3 N–H and O–H groups in total. The topological polar surface area (TPSA) is 81.8 Å². The molecule has 0 aliphatic rings. The van der Waals surface area contributed by atoms with Crippen molar-refractivity contribution in [1.82, 2.24) is 0 Å². The van der Waals surface area contributed by atoms with Crippen LogP contribution in [0.4, 0.5) is 0 Å². The van der Waals surface area contributed by atoms with Crippen molar-refractivity contribution in [2.24, 2.45) is 5.73 Å². The first kappa shape index (κ1) is 13.4. The number of carboxylic acid groups (broad SMARTS) is 1. The van der Waals surface area contributed by atoms with Gasteiger partial charge in [0.25, 0.3) is 0 Å². The predicted molar refractivity (Wildman–Crippen MR) is 52.2 cm³/mol. The van der Waals surface area contributed by atoms with Crippen LogP contribution in [0.1, 0.15) is 19.8 Å². The molecule has 0 fully saturated rings. The molecular weight excluding hydrogens is 186 g/mol. The van der Waals surface area contributed by atoms with Crippen LogP contribution in [0.2, 0.25) is 0 Å². The van der Waals surface area contributed by atoms with E-state index in [1.54, 1.807) is 7.11 Å². The lowest BCUT2D eigenvalue weighted by Crippen LogP contribution is -2.44. The maximum Gasteiger partial charge on any atom is 0.323 e. The number of ether oxygens (including phenoxy) is 2. The molecule has 5 heteroatoms. The molecule has 0 saturated carbocycles. The molecule has 0 aromatic rings. The van der Waals surface area contributed by atoms with Crippen molar-refractivity contribution in [3.63, 3.8) is 0 Å². The minimum atomic E-state index is -1.15. The second kappa shape index (κ2) is 6.75. The highest BCUT2D eigenvalue weighted by Gasteiger charge is 2.26. The summed E-state index contributed by atoms with van der Waals surface area (Å²) in [5.74, 6) is -0.977. The van der Waals surface area contributed by atoms with Crippen molar-refractivity contribution in [2.45, 2.75) is 25.3 Å². The SMILES string of the molecule is COCCOCCCC(C)(N)C(=O)O. The number of aliphatic carboxylic acids is 1. The summed E-state index contributed by atoms with van der Waals surface area (Å²) in [6, 6.07) is 0. The summed E-state index contributed by atoms with van der Waals surface area (Å²) < 4.78 is 9.96. The van der Waals surface area contributed by atoms with Crippen molar-refractivity contribution >= 4 is 5.97 Å². The van der Waals surface area contributed by atoms with Crippen molar-refractivity contribution < 1.29 is 19.4 Å². The fourth-order valence-corrected chi connectivity index (χ4v) is 0.893. The summed E-state index contributed by atoms with van der Waals surface area (Å²) in [5, 5.41) is 8.70. The van der Waals surface area contributed by atoms with E-state index >= 15 is 0 Å². The highest BCUT2D eigenvalue weighted by atomic mass is 16.5. The monoisotopic (exact) mass is 205 g/mol. The second-order valence-electron chi connectivity index (χ2n) is 3.43. The molecule has 0 amide bonds. The molecular formula is C9H19NO4. The predicted octanol–water partition coefficient (Wildman–Crippen LogP) is 0.232. The first-order valence-corrected chi connectivity index (χ1v) is 4.59. The largest absolute Gasteiger partial charge is 0.480 e. The Hall–Kier alpha value is -0.650. The van der Waals surface area contributed by atoms with Crippen molar-refractivity contribution in [2.75, 3.05) is 26.9 Å². The summed E-state index contributed by atoms with van der Waals surface area (Å²) in [6.07, 6.45) is 1.05. The minimum absolute atomic E-state index is 0.412. The van der Waals surface area contributed by atoms with E-state index in [4.69, 9.17) is 20.3 Å². The number of carboxylic acids is 1. The van der Waals surface area contributed by atoms with E-state index in [1.807, 2.05) is 0 Å². The molecule has 0 saturated heterocycles.